The van der Waals surface area contributed by atoms with Crippen molar-refractivity contribution in [2.75, 3.05) is 18.6 Å². The third kappa shape index (κ3) is 3.45. The fraction of sp³-hybridized carbons (Fsp3) is 0.200. The summed E-state index contributed by atoms with van der Waals surface area (Å²) in [4.78, 5) is 25.6. The molecule has 0 atom stereocenters. The highest BCUT2D eigenvalue weighted by Gasteiger charge is 2.15. The second kappa shape index (κ2) is 6.34. The van der Waals surface area contributed by atoms with Crippen LogP contribution in [0.4, 0.5) is 5.69 Å². The Morgan fingerprint density at radius 3 is 2.70 bits per heavy atom. The average molecular weight is 289 g/mol. The quantitative estimate of drug-likeness (QED) is 0.813. The number of aryl methyl sites for hydroxylation is 1. The summed E-state index contributed by atoms with van der Waals surface area (Å²) in [5.74, 6) is -0.730. The number of ether oxygens (including phenoxy) is 1. The Kier molecular flexibility index (Phi) is 4.53. The molecule has 20 heavy (non-hydrogen) atoms. The van der Waals surface area contributed by atoms with E-state index in [0.717, 1.165) is 11.3 Å². The second-order valence-corrected chi connectivity index (χ2v) is 5.29. The first-order chi connectivity index (χ1) is 9.58. The lowest BCUT2D eigenvalue weighted by Crippen LogP contribution is -2.31. The highest BCUT2D eigenvalue weighted by Crippen LogP contribution is 2.15. The van der Waals surface area contributed by atoms with Crippen LogP contribution in [0.5, 0.6) is 0 Å². The van der Waals surface area contributed by atoms with E-state index >= 15 is 0 Å². The van der Waals surface area contributed by atoms with Crippen molar-refractivity contribution in [3.63, 3.8) is 0 Å². The molecule has 0 N–H and O–H groups in total. The molecule has 2 rings (SSSR count). The number of hydrogen-bond acceptors (Lipinski definition) is 4. The van der Waals surface area contributed by atoms with Gasteiger partial charge in [-0.25, -0.2) is 4.79 Å². The molecule has 0 aliphatic carbocycles. The maximum absolute atomic E-state index is 12.0. The second-order valence-electron chi connectivity index (χ2n) is 4.35. The first-order valence-corrected chi connectivity index (χ1v) is 7.00. The molecule has 2 aromatic rings. The van der Waals surface area contributed by atoms with Gasteiger partial charge in [-0.2, -0.15) is 0 Å². The van der Waals surface area contributed by atoms with Gasteiger partial charge in [-0.15, -0.1) is 11.3 Å². The van der Waals surface area contributed by atoms with Gasteiger partial charge >= 0.3 is 5.97 Å². The van der Waals surface area contributed by atoms with E-state index in [4.69, 9.17) is 4.74 Å². The molecule has 1 amide bonds. The Labute approximate surface area is 121 Å². The molecule has 0 radical (unpaired) electrons. The van der Waals surface area contributed by atoms with E-state index in [0.29, 0.717) is 4.88 Å². The summed E-state index contributed by atoms with van der Waals surface area (Å²) >= 11 is 1.29. The first-order valence-electron chi connectivity index (χ1n) is 6.12. The number of carbonyl (C=O) groups is 2. The lowest BCUT2D eigenvalue weighted by Gasteiger charge is -2.17. The van der Waals surface area contributed by atoms with Gasteiger partial charge in [0.25, 0.3) is 5.91 Å². The van der Waals surface area contributed by atoms with Crippen molar-refractivity contribution in [3.05, 3.63) is 52.2 Å². The van der Waals surface area contributed by atoms with E-state index in [-0.39, 0.29) is 12.5 Å². The largest absolute Gasteiger partial charge is 0.451 e. The fourth-order valence-electron chi connectivity index (χ4n) is 1.67. The van der Waals surface area contributed by atoms with Gasteiger partial charge in [0.05, 0.1) is 0 Å². The third-order valence-corrected chi connectivity index (χ3v) is 3.66. The SMILES string of the molecule is Cc1cccc(N(C)C(=O)COC(=O)c2cccs2)c1. The minimum atomic E-state index is -0.467. The molecule has 0 saturated heterocycles. The summed E-state index contributed by atoms with van der Waals surface area (Å²) < 4.78 is 5.00. The average Bonchev–Trinajstić information content (AvgIpc) is 2.97. The highest BCUT2D eigenvalue weighted by atomic mass is 32.1. The van der Waals surface area contributed by atoms with Crippen molar-refractivity contribution in [2.24, 2.45) is 0 Å². The van der Waals surface area contributed by atoms with E-state index in [1.54, 1.807) is 24.6 Å². The van der Waals surface area contributed by atoms with Crippen LogP contribution in [-0.2, 0) is 9.53 Å². The number of anilines is 1. The van der Waals surface area contributed by atoms with Gasteiger partial charge in [-0.05, 0) is 36.1 Å². The smallest absolute Gasteiger partial charge is 0.348 e. The number of benzene rings is 1. The van der Waals surface area contributed by atoms with Crippen molar-refractivity contribution in [1.82, 2.24) is 0 Å². The van der Waals surface area contributed by atoms with Crippen molar-refractivity contribution in [2.45, 2.75) is 6.92 Å². The maximum atomic E-state index is 12.0. The lowest BCUT2D eigenvalue weighted by atomic mass is 10.2. The predicted molar refractivity (Wildman–Crippen MR) is 79.2 cm³/mol. The summed E-state index contributed by atoms with van der Waals surface area (Å²) in [6.45, 7) is 1.69. The molecule has 0 unspecified atom stereocenters. The standard InChI is InChI=1S/C15H15NO3S/c1-11-5-3-6-12(9-11)16(2)14(17)10-19-15(18)13-7-4-8-20-13/h3-9H,10H2,1-2H3. The number of likely N-dealkylation sites (N-methyl/N-ethyl adjacent to an activating group) is 1. The molecule has 0 aliphatic rings. The zero-order valence-corrected chi connectivity index (χ0v) is 12.1. The van der Waals surface area contributed by atoms with Crippen LogP contribution in [0.3, 0.4) is 0 Å². The Morgan fingerprint density at radius 2 is 2.05 bits per heavy atom. The van der Waals surface area contributed by atoms with Crippen LogP contribution in [0.15, 0.2) is 41.8 Å². The molecule has 1 aromatic carbocycles. The predicted octanol–water partition coefficient (Wildman–Crippen LogP) is 2.88. The molecule has 4 nitrogen and oxygen atoms in total. The number of hydrogen-bond donors (Lipinski definition) is 0. The van der Waals surface area contributed by atoms with E-state index in [9.17, 15) is 9.59 Å². The molecule has 1 heterocycles. The Balaban J connectivity index is 1.93. The van der Waals surface area contributed by atoms with Crippen LogP contribution < -0.4 is 4.90 Å². The lowest BCUT2D eigenvalue weighted by molar-refractivity contribution is -0.121. The van der Waals surface area contributed by atoms with E-state index in [1.165, 1.54) is 16.2 Å². The van der Waals surface area contributed by atoms with Crippen molar-refractivity contribution >= 4 is 28.9 Å². The molecule has 0 aliphatic heterocycles. The van der Waals surface area contributed by atoms with Gasteiger partial charge in [0.2, 0.25) is 0 Å². The van der Waals surface area contributed by atoms with Crippen LogP contribution in [0.1, 0.15) is 15.2 Å². The maximum Gasteiger partial charge on any atom is 0.348 e. The summed E-state index contributed by atoms with van der Waals surface area (Å²) in [5, 5.41) is 1.79. The third-order valence-electron chi connectivity index (χ3n) is 2.81. The number of carbonyl (C=O) groups excluding carboxylic acids is 2. The summed E-state index contributed by atoms with van der Waals surface area (Å²) in [7, 11) is 1.66. The Hall–Kier alpha value is -2.14. The Morgan fingerprint density at radius 1 is 1.25 bits per heavy atom. The Bertz CT molecular complexity index is 607. The number of nitrogens with zero attached hydrogens (tertiary/aromatic N) is 1. The van der Waals surface area contributed by atoms with Crippen LogP contribution >= 0.6 is 11.3 Å². The van der Waals surface area contributed by atoms with Crippen LogP contribution in [0.2, 0.25) is 0 Å². The summed E-state index contributed by atoms with van der Waals surface area (Å²) in [6.07, 6.45) is 0. The molecule has 104 valence electrons. The van der Waals surface area contributed by atoms with Gasteiger partial charge in [0.1, 0.15) is 4.88 Å². The van der Waals surface area contributed by atoms with Crippen LogP contribution in [0, 0.1) is 6.92 Å². The van der Waals surface area contributed by atoms with Crippen LogP contribution in [-0.4, -0.2) is 25.5 Å². The first kappa shape index (κ1) is 14.3. The zero-order valence-electron chi connectivity index (χ0n) is 11.3. The van der Waals surface area contributed by atoms with E-state index < -0.39 is 5.97 Å². The molecule has 0 fully saturated rings. The van der Waals surface area contributed by atoms with Gasteiger partial charge in [-0.3, -0.25) is 4.79 Å². The summed E-state index contributed by atoms with van der Waals surface area (Å²) in [5.41, 5.74) is 1.85. The number of thiophene rings is 1. The van der Waals surface area contributed by atoms with Crippen molar-refractivity contribution in [1.29, 1.82) is 0 Å². The van der Waals surface area contributed by atoms with E-state index in [2.05, 4.69) is 0 Å². The summed E-state index contributed by atoms with van der Waals surface area (Å²) in [6, 6.07) is 11.0. The number of amides is 1. The molecule has 0 bridgehead atoms. The van der Waals surface area contributed by atoms with Crippen molar-refractivity contribution in [3.8, 4) is 0 Å². The van der Waals surface area contributed by atoms with Gasteiger partial charge in [-0.1, -0.05) is 18.2 Å². The normalized spacial score (nSPS) is 10.1. The molecule has 0 saturated carbocycles. The van der Waals surface area contributed by atoms with Gasteiger partial charge in [0, 0.05) is 12.7 Å². The van der Waals surface area contributed by atoms with Crippen molar-refractivity contribution < 1.29 is 14.3 Å². The van der Waals surface area contributed by atoms with E-state index in [1.807, 2.05) is 31.2 Å². The zero-order chi connectivity index (χ0) is 14.5. The van der Waals surface area contributed by atoms with Gasteiger partial charge < -0.3 is 9.64 Å². The van der Waals surface area contributed by atoms with Gasteiger partial charge in [0.15, 0.2) is 6.61 Å². The van der Waals surface area contributed by atoms with Crippen LogP contribution in [0.25, 0.3) is 0 Å². The number of rotatable bonds is 4. The molecule has 0 spiro atoms. The monoisotopic (exact) mass is 289 g/mol. The molecular formula is C15H15NO3S. The highest BCUT2D eigenvalue weighted by molar-refractivity contribution is 7.11. The molecule has 5 heteroatoms. The molecule has 1 aromatic heterocycles. The molecular weight excluding hydrogens is 274 g/mol. The topological polar surface area (TPSA) is 46.6 Å². The minimum absolute atomic E-state index is 0.263. The fourth-order valence-corrected chi connectivity index (χ4v) is 2.29. The number of esters is 1. The minimum Gasteiger partial charge on any atom is -0.451 e.